The number of benzene rings is 1. The molecule has 0 saturated carbocycles. The smallest absolute Gasteiger partial charge is 0.272 e. The number of hydrogen-bond acceptors (Lipinski definition) is 5. The fourth-order valence-electron chi connectivity index (χ4n) is 4.61. The Hall–Kier alpha value is -3.75. The van der Waals surface area contributed by atoms with E-state index in [2.05, 4.69) is 20.3 Å². The number of nitrogens with zero attached hydrogens (tertiary/aromatic N) is 4. The molecule has 1 aliphatic heterocycles. The summed E-state index contributed by atoms with van der Waals surface area (Å²) in [6.07, 6.45) is 1.58. The number of piperidine rings is 1. The van der Waals surface area contributed by atoms with Crippen LogP contribution in [0.2, 0.25) is 0 Å². The summed E-state index contributed by atoms with van der Waals surface area (Å²) in [7, 11) is 0. The first-order chi connectivity index (χ1) is 15.4. The minimum atomic E-state index is -0.466. The van der Waals surface area contributed by atoms with Gasteiger partial charge >= 0.3 is 0 Å². The van der Waals surface area contributed by atoms with Crippen LogP contribution in [0, 0.1) is 6.92 Å². The minimum absolute atomic E-state index is 0.00157. The van der Waals surface area contributed by atoms with E-state index < -0.39 is 5.92 Å². The first kappa shape index (κ1) is 20.2. The van der Waals surface area contributed by atoms with Crippen molar-refractivity contribution in [2.24, 2.45) is 0 Å². The number of nitrogens with one attached hydrogen (secondary N) is 2. The minimum Gasteiger partial charge on any atom is -0.342 e. The maximum absolute atomic E-state index is 13.2. The summed E-state index contributed by atoms with van der Waals surface area (Å²) in [6, 6.07) is 10.6. The molecule has 2 N–H and O–H groups in total. The summed E-state index contributed by atoms with van der Waals surface area (Å²) in [6.45, 7) is 4.87. The second kappa shape index (κ2) is 7.74. The Morgan fingerprint density at radius 1 is 1.12 bits per heavy atom. The standard InChI is InChI=1S/C23H24N6O3/c1-13-11-20(30)29-19(24-13)12-18(27-29)15-7-9-28(10-8-15)23(32)14(2)21-16-5-3-4-6-17(16)22(31)26-25-21/h3-6,11-12,14-15,27H,7-10H2,1-2H3,(H,26,31). The number of hydrogen-bond donors (Lipinski definition) is 2. The van der Waals surface area contributed by atoms with Gasteiger partial charge in [0, 0.05) is 47.9 Å². The van der Waals surface area contributed by atoms with Crippen molar-refractivity contribution in [2.75, 3.05) is 13.1 Å². The highest BCUT2D eigenvalue weighted by Crippen LogP contribution is 2.30. The Morgan fingerprint density at radius 2 is 1.84 bits per heavy atom. The lowest BCUT2D eigenvalue weighted by Crippen LogP contribution is -2.40. The van der Waals surface area contributed by atoms with Crippen LogP contribution in [0.4, 0.5) is 0 Å². The van der Waals surface area contributed by atoms with E-state index in [1.807, 2.05) is 30.0 Å². The molecule has 4 heterocycles. The van der Waals surface area contributed by atoms with Crippen LogP contribution in [0.25, 0.3) is 16.4 Å². The molecule has 5 rings (SSSR count). The Balaban J connectivity index is 1.33. The molecular formula is C23H24N6O3. The number of fused-ring (bicyclic) bond motifs is 2. The van der Waals surface area contributed by atoms with Crippen molar-refractivity contribution >= 4 is 22.3 Å². The number of likely N-dealkylation sites (tertiary alicyclic amines) is 1. The van der Waals surface area contributed by atoms with Gasteiger partial charge in [0.05, 0.1) is 17.0 Å². The van der Waals surface area contributed by atoms with Crippen LogP contribution in [-0.4, -0.2) is 48.7 Å². The molecule has 1 amide bonds. The number of aromatic amines is 2. The molecule has 1 aromatic carbocycles. The van der Waals surface area contributed by atoms with Gasteiger partial charge in [-0.1, -0.05) is 18.2 Å². The first-order valence-corrected chi connectivity index (χ1v) is 10.8. The number of rotatable bonds is 3. The van der Waals surface area contributed by atoms with Gasteiger partial charge in [0.2, 0.25) is 5.91 Å². The van der Waals surface area contributed by atoms with Crippen molar-refractivity contribution in [3.05, 3.63) is 74.2 Å². The third-order valence-electron chi connectivity index (χ3n) is 6.35. The second-order valence-electron chi connectivity index (χ2n) is 8.45. The van der Waals surface area contributed by atoms with Crippen LogP contribution in [0.5, 0.6) is 0 Å². The van der Waals surface area contributed by atoms with Gasteiger partial charge in [0.25, 0.3) is 11.1 Å². The molecule has 0 spiro atoms. The van der Waals surface area contributed by atoms with Crippen LogP contribution in [0.15, 0.2) is 46.0 Å². The molecule has 1 unspecified atom stereocenters. The van der Waals surface area contributed by atoms with E-state index in [0.29, 0.717) is 40.9 Å². The lowest BCUT2D eigenvalue weighted by Gasteiger charge is -2.33. The van der Waals surface area contributed by atoms with E-state index in [4.69, 9.17) is 0 Å². The monoisotopic (exact) mass is 432 g/mol. The summed E-state index contributed by atoms with van der Waals surface area (Å²) in [4.78, 5) is 43.7. The van der Waals surface area contributed by atoms with Crippen molar-refractivity contribution in [1.82, 2.24) is 29.7 Å². The summed E-state index contributed by atoms with van der Waals surface area (Å²) in [5.74, 6) is -0.242. The molecule has 1 aliphatic rings. The molecule has 9 nitrogen and oxygen atoms in total. The van der Waals surface area contributed by atoms with Crippen LogP contribution in [0.1, 0.15) is 48.7 Å². The first-order valence-electron chi connectivity index (χ1n) is 10.8. The number of amides is 1. The van der Waals surface area contributed by atoms with E-state index in [-0.39, 0.29) is 22.9 Å². The van der Waals surface area contributed by atoms with Gasteiger partial charge in [-0.25, -0.2) is 14.6 Å². The SMILES string of the molecule is Cc1cc(=O)n2[nH]c(C3CCN(C(=O)C(C)c4n[nH]c(=O)c5ccccc45)CC3)cc2n1. The lowest BCUT2D eigenvalue weighted by molar-refractivity contribution is -0.133. The predicted octanol–water partition coefficient (Wildman–Crippen LogP) is 2.08. The average molecular weight is 432 g/mol. The van der Waals surface area contributed by atoms with Crippen molar-refractivity contribution in [1.29, 1.82) is 0 Å². The van der Waals surface area contributed by atoms with Crippen LogP contribution in [-0.2, 0) is 4.79 Å². The number of carbonyl (C=O) groups is 1. The van der Waals surface area contributed by atoms with E-state index >= 15 is 0 Å². The lowest BCUT2D eigenvalue weighted by atomic mass is 9.92. The van der Waals surface area contributed by atoms with Crippen LogP contribution < -0.4 is 11.1 Å². The van der Waals surface area contributed by atoms with Gasteiger partial charge in [0.15, 0.2) is 5.65 Å². The fraction of sp³-hybridized carbons (Fsp3) is 0.348. The van der Waals surface area contributed by atoms with E-state index in [1.54, 1.807) is 19.1 Å². The molecule has 0 bridgehead atoms. The Labute approximate surface area is 183 Å². The third kappa shape index (κ3) is 3.39. The maximum atomic E-state index is 13.2. The molecule has 1 fully saturated rings. The van der Waals surface area contributed by atoms with Crippen molar-refractivity contribution in [2.45, 2.75) is 38.5 Å². The highest BCUT2D eigenvalue weighted by atomic mass is 16.2. The molecule has 1 atom stereocenters. The van der Waals surface area contributed by atoms with Gasteiger partial charge in [-0.05, 0) is 32.8 Å². The Kier molecular flexibility index (Phi) is 4.88. The molecule has 9 heteroatoms. The van der Waals surface area contributed by atoms with Gasteiger partial charge in [-0.15, -0.1) is 0 Å². The highest BCUT2D eigenvalue weighted by molar-refractivity contribution is 5.91. The second-order valence-corrected chi connectivity index (χ2v) is 8.45. The summed E-state index contributed by atoms with van der Waals surface area (Å²) in [5.41, 5.74) is 2.48. The summed E-state index contributed by atoms with van der Waals surface area (Å²) >= 11 is 0. The van der Waals surface area contributed by atoms with Crippen LogP contribution in [0.3, 0.4) is 0 Å². The Bertz CT molecular complexity index is 1440. The van der Waals surface area contributed by atoms with Crippen molar-refractivity contribution < 1.29 is 4.79 Å². The van der Waals surface area contributed by atoms with E-state index in [9.17, 15) is 14.4 Å². The Morgan fingerprint density at radius 3 is 2.59 bits per heavy atom. The average Bonchev–Trinajstić information content (AvgIpc) is 3.23. The topological polar surface area (TPSA) is 116 Å². The summed E-state index contributed by atoms with van der Waals surface area (Å²) in [5, 5.41) is 11.1. The summed E-state index contributed by atoms with van der Waals surface area (Å²) < 4.78 is 1.47. The fourth-order valence-corrected chi connectivity index (χ4v) is 4.61. The van der Waals surface area contributed by atoms with Crippen molar-refractivity contribution in [3.63, 3.8) is 0 Å². The number of aryl methyl sites for hydroxylation is 1. The molecule has 0 radical (unpaired) electrons. The largest absolute Gasteiger partial charge is 0.342 e. The molecule has 4 aromatic rings. The molecular weight excluding hydrogens is 408 g/mol. The van der Waals surface area contributed by atoms with E-state index in [0.717, 1.165) is 18.5 Å². The number of carbonyl (C=O) groups excluding carboxylic acids is 1. The van der Waals surface area contributed by atoms with E-state index in [1.165, 1.54) is 10.6 Å². The number of H-pyrrole nitrogens is 2. The normalized spacial score (nSPS) is 16.0. The quantitative estimate of drug-likeness (QED) is 0.514. The molecule has 164 valence electrons. The maximum Gasteiger partial charge on any atom is 0.272 e. The van der Waals surface area contributed by atoms with Gasteiger partial charge in [-0.2, -0.15) is 5.10 Å². The van der Waals surface area contributed by atoms with Gasteiger partial charge in [-0.3, -0.25) is 19.5 Å². The third-order valence-corrected chi connectivity index (χ3v) is 6.35. The van der Waals surface area contributed by atoms with Gasteiger partial charge in [0.1, 0.15) is 0 Å². The molecule has 3 aromatic heterocycles. The predicted molar refractivity (Wildman–Crippen MR) is 120 cm³/mol. The highest BCUT2D eigenvalue weighted by Gasteiger charge is 2.30. The zero-order valence-electron chi connectivity index (χ0n) is 18.0. The molecule has 1 saturated heterocycles. The van der Waals surface area contributed by atoms with Crippen molar-refractivity contribution in [3.8, 4) is 0 Å². The van der Waals surface area contributed by atoms with Gasteiger partial charge < -0.3 is 4.90 Å². The van der Waals surface area contributed by atoms with Crippen LogP contribution >= 0.6 is 0 Å². The molecule has 32 heavy (non-hydrogen) atoms. The zero-order chi connectivity index (χ0) is 22.4. The number of aromatic nitrogens is 5. The zero-order valence-corrected chi connectivity index (χ0v) is 18.0. The molecule has 0 aliphatic carbocycles.